The van der Waals surface area contributed by atoms with Crippen molar-refractivity contribution in [1.29, 1.82) is 0 Å². The molecule has 1 atom stereocenters. The van der Waals surface area contributed by atoms with Crippen molar-refractivity contribution in [2.24, 2.45) is 0 Å². The predicted octanol–water partition coefficient (Wildman–Crippen LogP) is 16.6. The van der Waals surface area contributed by atoms with E-state index in [2.05, 4.69) is 254 Å². The van der Waals surface area contributed by atoms with Gasteiger partial charge in [0.05, 0.1) is 27.8 Å². The van der Waals surface area contributed by atoms with E-state index < -0.39 is 5.41 Å². The lowest BCUT2D eigenvalue weighted by Gasteiger charge is -2.39. The predicted molar refractivity (Wildman–Crippen MR) is 275 cm³/mol. The van der Waals surface area contributed by atoms with Crippen molar-refractivity contribution in [3.63, 3.8) is 0 Å². The maximum atomic E-state index is 2.53. The molecule has 66 heavy (non-hydrogen) atoms. The maximum Gasteiger partial charge on any atom is 0.0754 e. The SMILES string of the molecule is CC1(C)c2ccccc2-c2ccc(N(c3ccc(-c4ccccc4)cc3)c3ccccc3-c3ccc4c(c3)C3(c5ccccc5-4)c4ccccc4-n4c5ccccc5c5cccc3c54)cc21. The average molecular weight is 841 g/mol. The molecule has 0 bridgehead atoms. The number of fused-ring (bicyclic) bond motifs is 15. The highest BCUT2D eigenvalue weighted by Gasteiger charge is 2.51. The van der Waals surface area contributed by atoms with Crippen molar-refractivity contribution >= 4 is 38.9 Å². The van der Waals surface area contributed by atoms with Crippen molar-refractivity contribution in [1.82, 2.24) is 4.57 Å². The van der Waals surface area contributed by atoms with Crippen LogP contribution < -0.4 is 4.90 Å². The van der Waals surface area contributed by atoms with Crippen LogP contribution in [0.25, 0.3) is 72.0 Å². The lowest BCUT2D eigenvalue weighted by atomic mass is 9.65. The maximum absolute atomic E-state index is 2.53. The zero-order valence-electron chi connectivity index (χ0n) is 36.8. The Bertz CT molecular complexity index is 3800. The van der Waals surface area contributed by atoms with E-state index in [1.54, 1.807) is 0 Å². The summed E-state index contributed by atoms with van der Waals surface area (Å²) in [5, 5.41) is 2.57. The van der Waals surface area contributed by atoms with E-state index in [4.69, 9.17) is 0 Å². The number of aromatic nitrogens is 1. The Morgan fingerprint density at radius 2 is 0.909 bits per heavy atom. The van der Waals surface area contributed by atoms with Crippen LogP contribution in [-0.2, 0) is 10.8 Å². The van der Waals surface area contributed by atoms with Gasteiger partial charge in [0.1, 0.15) is 0 Å². The third kappa shape index (κ3) is 4.91. The minimum Gasteiger partial charge on any atom is -0.310 e. The lowest BCUT2D eigenvalue weighted by molar-refractivity contribution is 0.660. The molecule has 1 spiro atoms. The molecule has 310 valence electrons. The summed E-state index contributed by atoms with van der Waals surface area (Å²) in [5.41, 5.74) is 24.5. The molecule has 0 N–H and O–H groups in total. The van der Waals surface area contributed by atoms with E-state index in [9.17, 15) is 0 Å². The van der Waals surface area contributed by atoms with Gasteiger partial charge >= 0.3 is 0 Å². The number of para-hydroxylation sites is 4. The van der Waals surface area contributed by atoms with Crippen LogP contribution in [-0.4, -0.2) is 4.57 Å². The minimum absolute atomic E-state index is 0.140. The molecule has 2 nitrogen and oxygen atoms in total. The molecule has 0 radical (unpaired) electrons. The molecule has 0 saturated carbocycles. The first kappa shape index (κ1) is 37.2. The summed E-state index contributed by atoms with van der Waals surface area (Å²) in [6, 6.07) is 86.3. The van der Waals surface area contributed by atoms with Gasteiger partial charge in [-0.2, -0.15) is 0 Å². The molecule has 2 heteroatoms. The number of anilines is 3. The largest absolute Gasteiger partial charge is 0.310 e. The molecule has 10 aromatic carbocycles. The van der Waals surface area contributed by atoms with Gasteiger partial charge in [0, 0.05) is 33.1 Å². The molecule has 1 unspecified atom stereocenters. The van der Waals surface area contributed by atoms with Gasteiger partial charge in [-0.1, -0.05) is 196 Å². The van der Waals surface area contributed by atoms with E-state index in [1.807, 2.05) is 0 Å². The molecule has 14 rings (SSSR count). The fraction of sp³-hybridized carbons (Fsp3) is 0.0625. The molecule has 0 fully saturated rings. The Morgan fingerprint density at radius 3 is 1.74 bits per heavy atom. The van der Waals surface area contributed by atoms with Crippen molar-refractivity contribution < 1.29 is 0 Å². The smallest absolute Gasteiger partial charge is 0.0754 e. The van der Waals surface area contributed by atoms with Gasteiger partial charge in [0.2, 0.25) is 0 Å². The van der Waals surface area contributed by atoms with Crippen LogP contribution in [0.4, 0.5) is 17.1 Å². The standard InChI is InChI=1S/C64H44N2/c1-63(2)53-24-10-6-20-47(53)49-38-36-45(40-57(49)63)65(44-34-31-42(32-35-44)41-17-4-3-5-18-41)59-28-13-8-19-46(59)43-33-37-50-48-21-7-11-25-54(48)64(58(50)39-43)55-26-12-15-30-61(55)66-60-29-14-9-22-51(60)52-23-16-27-56(64)62(52)66/h3-40H,1-2H3. The normalized spacial score (nSPS) is 15.6. The summed E-state index contributed by atoms with van der Waals surface area (Å²) < 4.78 is 2.53. The molecule has 2 heterocycles. The third-order valence-corrected chi connectivity index (χ3v) is 15.2. The van der Waals surface area contributed by atoms with E-state index in [-0.39, 0.29) is 5.41 Å². The highest BCUT2D eigenvalue weighted by Crippen LogP contribution is 2.62. The third-order valence-electron chi connectivity index (χ3n) is 15.2. The number of benzene rings is 10. The van der Waals surface area contributed by atoms with Gasteiger partial charge in [0.25, 0.3) is 0 Å². The summed E-state index contributed by atoms with van der Waals surface area (Å²) >= 11 is 0. The Balaban J connectivity index is 1.01. The molecule has 2 aliphatic carbocycles. The van der Waals surface area contributed by atoms with Gasteiger partial charge < -0.3 is 9.47 Å². The number of nitrogens with zero attached hydrogens (tertiary/aromatic N) is 2. The highest BCUT2D eigenvalue weighted by atomic mass is 15.1. The van der Waals surface area contributed by atoms with Crippen molar-refractivity contribution in [3.8, 4) is 50.2 Å². The lowest BCUT2D eigenvalue weighted by Crippen LogP contribution is -2.33. The van der Waals surface area contributed by atoms with Crippen molar-refractivity contribution in [2.75, 3.05) is 4.90 Å². The molecular weight excluding hydrogens is 797 g/mol. The summed E-state index contributed by atoms with van der Waals surface area (Å²) in [4.78, 5) is 2.48. The van der Waals surface area contributed by atoms with Crippen LogP contribution in [0.3, 0.4) is 0 Å². The molecule has 11 aromatic rings. The second-order valence-electron chi connectivity index (χ2n) is 18.8. The van der Waals surface area contributed by atoms with E-state index in [0.29, 0.717) is 0 Å². The molecule has 0 saturated heterocycles. The Kier molecular flexibility index (Phi) is 7.70. The van der Waals surface area contributed by atoms with E-state index in [1.165, 1.54) is 105 Å². The molecule has 1 aromatic heterocycles. The van der Waals surface area contributed by atoms with Gasteiger partial charge in [0.15, 0.2) is 0 Å². The van der Waals surface area contributed by atoms with Crippen LogP contribution >= 0.6 is 0 Å². The Hall–Kier alpha value is -8.20. The summed E-state index contributed by atoms with van der Waals surface area (Å²) in [6.45, 7) is 4.74. The summed E-state index contributed by atoms with van der Waals surface area (Å²) in [7, 11) is 0. The first-order valence-corrected chi connectivity index (χ1v) is 23.2. The molecule has 0 amide bonds. The quantitative estimate of drug-likeness (QED) is 0.168. The van der Waals surface area contributed by atoms with Crippen molar-refractivity contribution in [2.45, 2.75) is 24.7 Å². The summed E-state index contributed by atoms with van der Waals surface area (Å²) in [5.74, 6) is 0. The van der Waals surface area contributed by atoms with Crippen LogP contribution in [0.5, 0.6) is 0 Å². The average Bonchev–Trinajstić information content (AvgIpc) is 3.95. The molecule has 1 aliphatic heterocycles. The first-order chi connectivity index (χ1) is 32.5. The Labute approximate surface area is 385 Å². The first-order valence-electron chi connectivity index (χ1n) is 23.2. The fourth-order valence-corrected chi connectivity index (χ4v) is 12.3. The van der Waals surface area contributed by atoms with Crippen LogP contribution in [0, 0.1) is 0 Å². The molecule has 3 aliphatic rings. The zero-order chi connectivity index (χ0) is 43.7. The Morgan fingerprint density at radius 1 is 0.348 bits per heavy atom. The second-order valence-corrected chi connectivity index (χ2v) is 18.8. The van der Waals surface area contributed by atoms with Gasteiger partial charge in [-0.3, -0.25) is 0 Å². The fourth-order valence-electron chi connectivity index (χ4n) is 12.3. The topological polar surface area (TPSA) is 8.17 Å². The van der Waals surface area contributed by atoms with Crippen LogP contribution in [0.2, 0.25) is 0 Å². The van der Waals surface area contributed by atoms with Gasteiger partial charge in [-0.05, 0) is 121 Å². The number of hydrogen-bond acceptors (Lipinski definition) is 1. The number of hydrogen-bond donors (Lipinski definition) is 0. The number of rotatable bonds is 5. The summed E-state index contributed by atoms with van der Waals surface area (Å²) in [6.07, 6.45) is 0. The van der Waals surface area contributed by atoms with E-state index in [0.717, 1.165) is 17.1 Å². The van der Waals surface area contributed by atoms with Crippen molar-refractivity contribution in [3.05, 3.63) is 264 Å². The second kappa shape index (κ2) is 13.7. The van der Waals surface area contributed by atoms with Gasteiger partial charge in [-0.25, -0.2) is 0 Å². The van der Waals surface area contributed by atoms with E-state index >= 15 is 0 Å². The molecular formula is C64H44N2. The minimum atomic E-state index is -0.537. The highest BCUT2D eigenvalue weighted by molar-refractivity contribution is 6.13. The monoisotopic (exact) mass is 840 g/mol. The van der Waals surface area contributed by atoms with Gasteiger partial charge in [-0.15, -0.1) is 0 Å². The van der Waals surface area contributed by atoms with Crippen LogP contribution in [0.1, 0.15) is 47.2 Å². The van der Waals surface area contributed by atoms with Crippen LogP contribution in [0.15, 0.2) is 231 Å². The zero-order valence-corrected chi connectivity index (χ0v) is 36.8.